The van der Waals surface area contributed by atoms with Gasteiger partial charge in [0.15, 0.2) is 23.1 Å². The summed E-state index contributed by atoms with van der Waals surface area (Å²) in [5.74, 6) is -3.65. The number of rotatable bonds is 10. The summed E-state index contributed by atoms with van der Waals surface area (Å²) in [6, 6.07) is 16.9. The third kappa shape index (κ3) is 15.9. The van der Waals surface area contributed by atoms with E-state index in [1.807, 2.05) is 46.4 Å². The molecule has 4 saturated heterocycles. The van der Waals surface area contributed by atoms with Gasteiger partial charge in [0.1, 0.15) is 47.3 Å². The van der Waals surface area contributed by atoms with Crippen molar-refractivity contribution in [2.24, 2.45) is 10.8 Å². The molecule has 4 aromatic carbocycles. The zero-order valence-electron chi connectivity index (χ0n) is 50.1. The summed E-state index contributed by atoms with van der Waals surface area (Å²) < 4.78 is 80.9. The fourth-order valence-electron chi connectivity index (χ4n) is 11.2. The molecule has 19 nitrogen and oxygen atoms in total. The van der Waals surface area contributed by atoms with Crippen LogP contribution in [0, 0.1) is 47.2 Å². The van der Waals surface area contributed by atoms with Gasteiger partial charge < -0.3 is 44.1 Å². The average molecular weight is 1200 g/mol. The molecule has 6 aromatic rings. The van der Waals surface area contributed by atoms with E-state index >= 15 is 0 Å². The number of nitrogens with zero attached hydrogens (tertiary/aromatic N) is 9. The summed E-state index contributed by atoms with van der Waals surface area (Å²) in [7, 11) is 2.72. The summed E-state index contributed by atoms with van der Waals surface area (Å²) in [4.78, 5) is 60.6. The summed E-state index contributed by atoms with van der Waals surface area (Å²) in [5.41, 5.74) is 2.36. The maximum absolute atomic E-state index is 14.6. The van der Waals surface area contributed by atoms with Gasteiger partial charge >= 0.3 is 18.2 Å². The molecule has 0 unspecified atom stereocenters. The molecule has 4 aliphatic rings. The summed E-state index contributed by atoms with van der Waals surface area (Å²) >= 11 is 0. The molecule has 4 fully saturated rings. The number of methoxy groups -OCH3 is 2. The lowest BCUT2D eigenvalue weighted by molar-refractivity contribution is -0.138. The smallest absolute Gasteiger partial charge is 0.410 e. The van der Waals surface area contributed by atoms with Gasteiger partial charge in [-0.25, -0.2) is 36.8 Å². The van der Waals surface area contributed by atoms with Gasteiger partial charge in [-0.3, -0.25) is 19.0 Å². The zero-order valence-corrected chi connectivity index (χ0v) is 50.1. The second kappa shape index (κ2) is 26.8. The highest BCUT2D eigenvalue weighted by Gasteiger charge is 2.44. The minimum atomic E-state index is -1.11. The van der Waals surface area contributed by atoms with Crippen molar-refractivity contribution < 1.29 is 60.8 Å². The Bertz CT molecular complexity index is 3600. The molecule has 3 amide bonds. The molecule has 0 bridgehead atoms. The highest BCUT2D eigenvalue weighted by Crippen LogP contribution is 2.43. The Labute approximate surface area is 503 Å². The molecule has 0 atom stereocenters. The number of aromatic nitrogens is 4. The van der Waals surface area contributed by atoms with Crippen LogP contribution >= 0.6 is 0 Å². The van der Waals surface area contributed by atoms with E-state index in [0.29, 0.717) is 70.7 Å². The van der Waals surface area contributed by atoms with Crippen LogP contribution < -0.4 is 14.8 Å². The molecular formula is C64H72F4N10O9. The number of halogens is 4. The lowest BCUT2D eigenvalue weighted by Gasteiger charge is -2.39. The van der Waals surface area contributed by atoms with Crippen LogP contribution in [0.25, 0.3) is 54.5 Å². The Balaban J connectivity index is 0.000000189. The predicted molar refractivity (Wildman–Crippen MR) is 317 cm³/mol. The van der Waals surface area contributed by atoms with Gasteiger partial charge in [0.25, 0.3) is 0 Å². The van der Waals surface area contributed by atoms with Crippen LogP contribution in [0.2, 0.25) is 0 Å². The number of carboxylic acid groups (broad SMARTS) is 1. The zero-order chi connectivity index (χ0) is 63.0. The molecular weight excluding hydrogens is 1130 g/mol. The predicted octanol–water partition coefficient (Wildman–Crippen LogP) is 12.4. The number of ether oxygens (including phenoxy) is 4. The number of hydrogen-bond donors (Lipinski definition) is 2. The van der Waals surface area contributed by atoms with Crippen molar-refractivity contribution in [3.8, 4) is 56.3 Å². The van der Waals surface area contributed by atoms with E-state index in [4.69, 9.17) is 37.2 Å². The number of aliphatic carboxylic acids is 1. The van der Waals surface area contributed by atoms with Crippen molar-refractivity contribution in [3.05, 3.63) is 131 Å². The molecule has 23 heteroatoms. The molecule has 2 N–H and O–H groups in total. The second-order valence-electron chi connectivity index (χ2n) is 24.3. The van der Waals surface area contributed by atoms with Crippen LogP contribution in [0.4, 0.5) is 38.5 Å². The number of carboxylic acids is 1. The highest BCUT2D eigenvalue weighted by molar-refractivity contribution is 5.84. The van der Waals surface area contributed by atoms with Crippen LogP contribution in [0.15, 0.2) is 85.2 Å². The molecule has 0 saturated carbocycles. The van der Waals surface area contributed by atoms with E-state index in [9.17, 15) is 36.7 Å². The van der Waals surface area contributed by atoms with Gasteiger partial charge in [-0.2, -0.15) is 10.2 Å². The number of hydrogen-bond acceptors (Lipinski definition) is 11. The van der Waals surface area contributed by atoms with Gasteiger partial charge in [0, 0.05) is 73.9 Å². The Hall–Kier alpha value is -8.96. The van der Waals surface area contributed by atoms with Crippen LogP contribution in [-0.2, 0) is 32.2 Å². The first-order valence-corrected chi connectivity index (χ1v) is 28.6. The molecule has 0 aliphatic carbocycles. The molecule has 6 heterocycles. The number of carbonyl (C=O) groups excluding carboxylic acids is 3. The van der Waals surface area contributed by atoms with Crippen LogP contribution in [0.1, 0.15) is 80.1 Å². The van der Waals surface area contributed by atoms with E-state index < -0.39 is 41.4 Å². The Morgan fingerprint density at radius 2 is 0.943 bits per heavy atom. The summed E-state index contributed by atoms with van der Waals surface area (Å²) in [6.07, 6.45) is 8.60. The third-order valence-electron chi connectivity index (χ3n) is 15.7. The van der Waals surface area contributed by atoms with Crippen molar-refractivity contribution in [1.82, 2.24) is 39.6 Å². The van der Waals surface area contributed by atoms with Crippen LogP contribution in [0.5, 0.6) is 11.5 Å². The van der Waals surface area contributed by atoms with E-state index in [1.165, 1.54) is 91.2 Å². The van der Waals surface area contributed by atoms with Gasteiger partial charge in [0.05, 0.1) is 27.4 Å². The molecule has 460 valence electrons. The Kier molecular flexibility index (Phi) is 19.7. The lowest BCUT2D eigenvalue weighted by Crippen LogP contribution is -2.46. The van der Waals surface area contributed by atoms with Gasteiger partial charge in [-0.1, -0.05) is 36.4 Å². The minimum Gasteiger partial charge on any atom is -0.494 e. The van der Waals surface area contributed by atoms with Crippen molar-refractivity contribution in [1.29, 1.82) is 0 Å². The SMILES string of the molecule is CC(C)(C)OC(=O)N1CCC2(CCNCC2)C1.[C-]#[N+]c1ccc(-c2nn(CC(=O)N3CCC4(CC3)CCN(C(=O)OC(C)(C)C)C4)cc2-c2ccc(OC)c(F)c2)cc1F.[C-]#[N+]c1ccc(-c2nn(CC(=O)O)cc2-c2ccc(OC)c(F)c2)cc1F. The Morgan fingerprint density at radius 1 is 0.563 bits per heavy atom. The number of likely N-dealkylation sites (tertiary alicyclic amines) is 3. The van der Waals surface area contributed by atoms with Crippen molar-refractivity contribution in [2.45, 2.75) is 104 Å². The topological polar surface area (TPSA) is 192 Å². The second-order valence-corrected chi connectivity index (χ2v) is 24.3. The maximum Gasteiger partial charge on any atom is 0.410 e. The first kappa shape index (κ1) is 64.0. The van der Waals surface area contributed by atoms with Crippen LogP contribution in [-0.4, -0.2) is 141 Å². The number of piperidine rings is 2. The largest absolute Gasteiger partial charge is 0.494 e. The first-order valence-electron chi connectivity index (χ1n) is 28.6. The van der Waals surface area contributed by atoms with E-state index in [0.717, 1.165) is 57.9 Å². The summed E-state index contributed by atoms with van der Waals surface area (Å²) in [5, 5.41) is 21.2. The summed E-state index contributed by atoms with van der Waals surface area (Å²) in [6.45, 7) is 31.2. The van der Waals surface area contributed by atoms with Crippen LogP contribution in [0.3, 0.4) is 0 Å². The normalized spacial score (nSPS) is 16.0. The van der Waals surface area contributed by atoms with E-state index in [1.54, 1.807) is 34.2 Å². The average Bonchev–Trinajstić information content (AvgIpc) is 2.84. The van der Waals surface area contributed by atoms with E-state index in [2.05, 4.69) is 25.2 Å². The Morgan fingerprint density at radius 3 is 1.31 bits per heavy atom. The molecule has 10 rings (SSSR count). The number of benzene rings is 4. The molecule has 4 aliphatic heterocycles. The fraction of sp³-hybridized carbons (Fsp3) is 0.438. The standard InChI is InChI=1S/C32H35F2N5O4.C19H13F2N3O3.C13H24N2O2/c1-31(2,3)43-30(41)38-15-12-32(20-38)10-13-37(14-11-32)28(40)19-39-18-23(21-7-9-27(42-5)25(34)16-21)29(36-39)22-6-8-26(35-4)24(33)17-22;1-22-16-5-3-12(8-14(16)20)19-13(9-24(23-19)10-18(25)26)11-4-6-17(27-2)15(21)7-11;1-12(2,3)17-11(16)15-9-6-13(10-15)4-7-14-8-5-13/h6-9,16-18H,10-15,19-20H2,1-3,5H3;3-9H,10H2,2H3,(H,25,26);14H,4-10H2,1-3H3. The third-order valence-corrected chi connectivity index (χ3v) is 15.7. The molecule has 0 radical (unpaired) electrons. The molecule has 87 heavy (non-hydrogen) atoms. The van der Waals surface area contributed by atoms with E-state index in [-0.39, 0.29) is 64.2 Å². The van der Waals surface area contributed by atoms with Gasteiger partial charge in [-0.15, -0.1) is 0 Å². The van der Waals surface area contributed by atoms with Crippen molar-refractivity contribution in [2.75, 3.05) is 66.6 Å². The highest BCUT2D eigenvalue weighted by atomic mass is 19.1. The first-order chi connectivity index (χ1) is 41.2. The maximum atomic E-state index is 14.6. The van der Waals surface area contributed by atoms with Crippen molar-refractivity contribution in [3.63, 3.8) is 0 Å². The quantitative estimate of drug-likeness (QED) is 0.0976. The monoisotopic (exact) mass is 1200 g/mol. The fourth-order valence-corrected chi connectivity index (χ4v) is 11.2. The van der Waals surface area contributed by atoms with Crippen molar-refractivity contribution >= 4 is 35.4 Å². The van der Waals surface area contributed by atoms with Gasteiger partial charge in [0.2, 0.25) is 17.3 Å². The number of amides is 3. The molecule has 2 aromatic heterocycles. The lowest BCUT2D eigenvalue weighted by atomic mass is 9.78. The number of carbonyl (C=O) groups is 4. The number of nitrogens with one attached hydrogen (secondary N) is 1. The van der Waals surface area contributed by atoms with Gasteiger partial charge in [-0.05, 0) is 152 Å². The molecule has 2 spiro atoms. The minimum absolute atomic E-state index is 0.0280.